The Morgan fingerprint density at radius 2 is 1.60 bits per heavy atom. The number of hydrogen-bond donors (Lipinski definition) is 2. The van der Waals surface area contributed by atoms with Crippen molar-refractivity contribution in [1.82, 2.24) is 5.32 Å². The molecular weight excluding hydrogens is 366 g/mol. The van der Waals surface area contributed by atoms with Crippen LogP contribution in [0.15, 0.2) is 42.5 Å². The molecule has 2 aromatic carbocycles. The van der Waals surface area contributed by atoms with E-state index < -0.39 is 0 Å². The minimum Gasteiger partial charge on any atom is -0.352 e. The Hall–Kier alpha value is -2.11. The number of amides is 2. The average molecular weight is 381 g/mol. The summed E-state index contributed by atoms with van der Waals surface area (Å²) in [6.45, 7) is 0.299. The van der Waals surface area contributed by atoms with Crippen LogP contribution in [0.2, 0.25) is 10.0 Å². The van der Waals surface area contributed by atoms with Crippen LogP contribution in [0.4, 0.5) is 10.1 Å². The SMILES string of the molecule is O=C(NCc1ccc(F)cc1)C1CC1C(=O)Nc1cc(Cl)cc(Cl)c1. The second-order valence-electron chi connectivity index (χ2n) is 5.94. The van der Waals surface area contributed by atoms with Gasteiger partial charge < -0.3 is 10.6 Å². The molecule has 0 heterocycles. The summed E-state index contributed by atoms with van der Waals surface area (Å²) in [5.74, 6) is -1.47. The third kappa shape index (κ3) is 4.71. The fraction of sp³-hybridized carbons (Fsp3) is 0.222. The Bertz CT molecular complexity index is 791. The Labute approximate surface area is 154 Å². The highest BCUT2D eigenvalue weighted by Crippen LogP contribution is 2.39. The Kier molecular flexibility index (Phi) is 5.25. The number of nitrogens with one attached hydrogen (secondary N) is 2. The molecule has 0 saturated heterocycles. The quantitative estimate of drug-likeness (QED) is 0.822. The molecule has 2 N–H and O–H groups in total. The van der Waals surface area contributed by atoms with E-state index in [4.69, 9.17) is 23.2 Å². The minimum absolute atomic E-state index is 0.186. The van der Waals surface area contributed by atoms with Gasteiger partial charge in [0, 0.05) is 22.3 Å². The maximum absolute atomic E-state index is 12.8. The second-order valence-corrected chi connectivity index (χ2v) is 6.81. The van der Waals surface area contributed by atoms with Crippen LogP contribution >= 0.6 is 23.2 Å². The fourth-order valence-corrected chi connectivity index (χ4v) is 3.08. The third-order valence-corrected chi connectivity index (χ3v) is 4.41. The lowest BCUT2D eigenvalue weighted by Gasteiger charge is -2.07. The van der Waals surface area contributed by atoms with Crippen molar-refractivity contribution in [1.29, 1.82) is 0 Å². The van der Waals surface area contributed by atoms with Crippen molar-refractivity contribution in [3.05, 3.63) is 63.9 Å². The number of halogens is 3. The van der Waals surface area contributed by atoms with E-state index in [1.165, 1.54) is 12.1 Å². The molecule has 0 radical (unpaired) electrons. The topological polar surface area (TPSA) is 58.2 Å². The molecule has 25 heavy (non-hydrogen) atoms. The molecule has 0 aromatic heterocycles. The molecule has 2 aromatic rings. The van der Waals surface area contributed by atoms with Gasteiger partial charge in [0.15, 0.2) is 0 Å². The second kappa shape index (κ2) is 7.42. The molecule has 0 spiro atoms. The van der Waals surface area contributed by atoms with E-state index in [-0.39, 0.29) is 29.5 Å². The molecule has 130 valence electrons. The van der Waals surface area contributed by atoms with Crippen molar-refractivity contribution >= 4 is 40.7 Å². The molecule has 2 atom stereocenters. The van der Waals surface area contributed by atoms with Gasteiger partial charge in [-0.1, -0.05) is 35.3 Å². The van der Waals surface area contributed by atoms with Crippen LogP contribution in [0.3, 0.4) is 0 Å². The fourth-order valence-electron chi connectivity index (χ4n) is 2.56. The first kappa shape index (κ1) is 17.7. The highest BCUT2D eigenvalue weighted by molar-refractivity contribution is 6.35. The van der Waals surface area contributed by atoms with E-state index in [1.54, 1.807) is 30.3 Å². The van der Waals surface area contributed by atoms with E-state index >= 15 is 0 Å². The molecule has 1 aliphatic rings. The zero-order chi connectivity index (χ0) is 18.0. The van der Waals surface area contributed by atoms with E-state index in [1.807, 2.05) is 0 Å². The molecule has 0 aliphatic heterocycles. The van der Waals surface area contributed by atoms with Crippen LogP contribution in [0, 0.1) is 17.7 Å². The van der Waals surface area contributed by atoms with E-state index in [9.17, 15) is 14.0 Å². The number of carbonyl (C=O) groups is 2. The number of anilines is 1. The summed E-state index contributed by atoms with van der Waals surface area (Å²) >= 11 is 11.8. The van der Waals surface area contributed by atoms with Crippen LogP contribution in [0.5, 0.6) is 0 Å². The zero-order valence-corrected chi connectivity index (χ0v) is 14.6. The summed E-state index contributed by atoms with van der Waals surface area (Å²) in [5, 5.41) is 6.33. The summed E-state index contributed by atoms with van der Waals surface area (Å²) in [5.41, 5.74) is 1.30. The van der Waals surface area contributed by atoms with Crippen molar-refractivity contribution in [2.45, 2.75) is 13.0 Å². The Morgan fingerprint density at radius 3 is 2.24 bits per heavy atom. The van der Waals surface area contributed by atoms with Gasteiger partial charge in [-0.3, -0.25) is 9.59 Å². The van der Waals surface area contributed by atoms with Crippen LogP contribution in [-0.2, 0) is 16.1 Å². The molecule has 2 unspecified atom stereocenters. The van der Waals surface area contributed by atoms with Gasteiger partial charge >= 0.3 is 0 Å². The normalized spacial score (nSPS) is 18.5. The van der Waals surface area contributed by atoms with E-state index in [0.717, 1.165) is 5.56 Å². The number of hydrogen-bond acceptors (Lipinski definition) is 2. The van der Waals surface area contributed by atoms with Gasteiger partial charge in [0.05, 0.1) is 11.8 Å². The maximum atomic E-state index is 12.8. The standard InChI is InChI=1S/C18H15Cl2FN2O2/c19-11-5-12(20)7-14(6-11)23-18(25)16-8-15(16)17(24)22-9-10-1-3-13(21)4-2-10/h1-7,15-16H,8-9H2,(H,22,24)(H,23,25). The van der Waals surface area contributed by atoms with Crippen LogP contribution in [-0.4, -0.2) is 11.8 Å². The summed E-state index contributed by atoms with van der Waals surface area (Å²) in [6.07, 6.45) is 0.495. The lowest BCUT2D eigenvalue weighted by atomic mass is 10.2. The highest BCUT2D eigenvalue weighted by Gasteiger charge is 2.47. The molecule has 7 heteroatoms. The Morgan fingerprint density at radius 1 is 1.00 bits per heavy atom. The van der Waals surface area contributed by atoms with Crippen LogP contribution < -0.4 is 10.6 Å². The van der Waals surface area contributed by atoms with Gasteiger partial charge in [0.1, 0.15) is 5.82 Å². The van der Waals surface area contributed by atoms with Crippen molar-refractivity contribution < 1.29 is 14.0 Å². The lowest BCUT2D eigenvalue weighted by Crippen LogP contribution is -2.27. The molecule has 1 saturated carbocycles. The molecule has 3 rings (SSSR count). The van der Waals surface area contributed by atoms with Crippen LogP contribution in [0.25, 0.3) is 0 Å². The smallest absolute Gasteiger partial charge is 0.228 e. The van der Waals surface area contributed by atoms with E-state index in [0.29, 0.717) is 28.7 Å². The number of carbonyl (C=O) groups excluding carboxylic acids is 2. The monoisotopic (exact) mass is 380 g/mol. The molecule has 1 aliphatic carbocycles. The van der Waals surface area contributed by atoms with Gasteiger partial charge in [0.2, 0.25) is 11.8 Å². The van der Waals surface area contributed by atoms with E-state index in [2.05, 4.69) is 10.6 Å². The highest BCUT2D eigenvalue weighted by atomic mass is 35.5. The summed E-state index contributed by atoms with van der Waals surface area (Å²) in [4.78, 5) is 24.3. The first-order valence-electron chi connectivity index (χ1n) is 7.71. The molecular formula is C18H15Cl2FN2O2. The number of benzene rings is 2. The summed E-state index contributed by atoms with van der Waals surface area (Å²) in [7, 11) is 0. The van der Waals surface area contributed by atoms with Gasteiger partial charge in [-0.05, 0) is 42.3 Å². The van der Waals surface area contributed by atoms with Gasteiger partial charge in [-0.25, -0.2) is 4.39 Å². The predicted molar refractivity (Wildman–Crippen MR) is 94.9 cm³/mol. The molecule has 4 nitrogen and oxygen atoms in total. The van der Waals surface area contributed by atoms with Crippen molar-refractivity contribution in [2.75, 3.05) is 5.32 Å². The first-order chi connectivity index (χ1) is 11.9. The lowest BCUT2D eigenvalue weighted by molar-refractivity contribution is -0.125. The molecule has 0 bridgehead atoms. The van der Waals surface area contributed by atoms with Gasteiger partial charge in [0.25, 0.3) is 0 Å². The summed E-state index contributed by atoms with van der Waals surface area (Å²) in [6, 6.07) is 10.7. The van der Waals surface area contributed by atoms with Crippen molar-refractivity contribution in [3.8, 4) is 0 Å². The largest absolute Gasteiger partial charge is 0.352 e. The predicted octanol–water partition coefficient (Wildman–Crippen LogP) is 4.02. The third-order valence-electron chi connectivity index (χ3n) is 3.97. The van der Waals surface area contributed by atoms with Crippen molar-refractivity contribution in [3.63, 3.8) is 0 Å². The molecule has 2 amide bonds. The van der Waals surface area contributed by atoms with Crippen molar-refractivity contribution in [2.24, 2.45) is 11.8 Å². The summed E-state index contributed by atoms with van der Waals surface area (Å²) < 4.78 is 12.8. The van der Waals surface area contributed by atoms with Gasteiger partial charge in [-0.15, -0.1) is 0 Å². The number of rotatable bonds is 5. The maximum Gasteiger partial charge on any atom is 0.228 e. The first-order valence-corrected chi connectivity index (χ1v) is 8.47. The Balaban J connectivity index is 1.50. The molecule has 1 fully saturated rings. The zero-order valence-electron chi connectivity index (χ0n) is 13.1. The van der Waals surface area contributed by atoms with Crippen LogP contribution in [0.1, 0.15) is 12.0 Å². The minimum atomic E-state index is -0.369. The van der Waals surface area contributed by atoms with Gasteiger partial charge in [-0.2, -0.15) is 0 Å². The average Bonchev–Trinajstić information content (AvgIpc) is 3.34.